The van der Waals surface area contributed by atoms with E-state index in [-0.39, 0.29) is 24.1 Å². The SMILES string of the molecule is COc1ccc(N2CCN(S(=O)(=O)CCNC(=O)CCl)CC2)cc1. The summed E-state index contributed by atoms with van der Waals surface area (Å²) in [5.74, 6) is 0.147. The second-order valence-electron chi connectivity index (χ2n) is 5.38. The Bertz CT molecular complexity index is 643. The predicted octanol–water partition coefficient (Wildman–Crippen LogP) is 0.502. The lowest BCUT2D eigenvalue weighted by atomic mass is 10.2. The second-order valence-corrected chi connectivity index (χ2v) is 7.74. The van der Waals surface area contributed by atoms with Crippen molar-refractivity contribution in [1.29, 1.82) is 0 Å². The number of hydrogen-bond donors (Lipinski definition) is 1. The summed E-state index contributed by atoms with van der Waals surface area (Å²) in [7, 11) is -1.76. The van der Waals surface area contributed by atoms with Crippen LogP contribution in [0.5, 0.6) is 5.75 Å². The van der Waals surface area contributed by atoms with Crippen LogP contribution in [-0.2, 0) is 14.8 Å². The zero-order valence-electron chi connectivity index (χ0n) is 13.6. The van der Waals surface area contributed by atoms with Crippen LogP contribution >= 0.6 is 11.6 Å². The maximum Gasteiger partial charge on any atom is 0.234 e. The number of anilines is 1. The van der Waals surface area contributed by atoms with Crippen LogP contribution in [0.2, 0.25) is 0 Å². The molecule has 1 aliphatic rings. The number of ether oxygens (including phenoxy) is 1. The standard InChI is InChI=1S/C15H22ClN3O4S/c1-23-14-4-2-13(3-5-14)18-7-9-19(10-8-18)24(21,22)11-6-17-15(20)12-16/h2-5H,6-12H2,1H3,(H,17,20). The summed E-state index contributed by atoms with van der Waals surface area (Å²) >= 11 is 5.36. The van der Waals surface area contributed by atoms with Crippen LogP contribution in [0.4, 0.5) is 5.69 Å². The van der Waals surface area contributed by atoms with Gasteiger partial charge in [0.1, 0.15) is 11.6 Å². The van der Waals surface area contributed by atoms with Crippen LogP contribution in [0.1, 0.15) is 0 Å². The summed E-state index contributed by atoms with van der Waals surface area (Å²) in [5.41, 5.74) is 1.04. The van der Waals surface area contributed by atoms with Crippen molar-refractivity contribution in [3.05, 3.63) is 24.3 Å². The van der Waals surface area contributed by atoms with Crippen molar-refractivity contribution in [1.82, 2.24) is 9.62 Å². The molecule has 1 aromatic rings. The number of alkyl halides is 1. The fourth-order valence-corrected chi connectivity index (χ4v) is 3.95. The molecule has 0 spiro atoms. The maximum atomic E-state index is 12.3. The normalized spacial score (nSPS) is 16.0. The highest BCUT2D eigenvalue weighted by Crippen LogP contribution is 2.21. The number of methoxy groups -OCH3 is 1. The minimum absolute atomic E-state index is 0.0760. The third-order valence-electron chi connectivity index (χ3n) is 3.87. The second kappa shape index (κ2) is 8.55. The van der Waals surface area contributed by atoms with Gasteiger partial charge in [0.05, 0.1) is 12.9 Å². The van der Waals surface area contributed by atoms with Crippen molar-refractivity contribution < 1.29 is 17.9 Å². The Balaban J connectivity index is 1.85. The summed E-state index contributed by atoms with van der Waals surface area (Å²) in [6.45, 7) is 2.18. The van der Waals surface area contributed by atoms with Crippen molar-refractivity contribution in [2.75, 3.05) is 56.4 Å². The van der Waals surface area contributed by atoms with E-state index in [9.17, 15) is 13.2 Å². The molecular weight excluding hydrogens is 354 g/mol. The van der Waals surface area contributed by atoms with Gasteiger partial charge in [0, 0.05) is 38.4 Å². The minimum atomic E-state index is -3.37. The molecule has 2 rings (SSSR count). The lowest BCUT2D eigenvalue weighted by Gasteiger charge is -2.35. The molecule has 24 heavy (non-hydrogen) atoms. The number of carbonyl (C=O) groups excluding carboxylic acids is 1. The molecule has 1 saturated heterocycles. The van der Waals surface area contributed by atoms with Crippen LogP contribution in [0.15, 0.2) is 24.3 Å². The van der Waals surface area contributed by atoms with Gasteiger partial charge in [-0.1, -0.05) is 0 Å². The first kappa shape index (κ1) is 18.8. The van der Waals surface area contributed by atoms with E-state index in [1.165, 1.54) is 4.31 Å². The summed E-state index contributed by atoms with van der Waals surface area (Å²) in [5, 5.41) is 2.47. The fourth-order valence-electron chi connectivity index (χ4n) is 2.51. The van der Waals surface area contributed by atoms with Gasteiger partial charge in [0.25, 0.3) is 0 Å². The highest BCUT2D eigenvalue weighted by Gasteiger charge is 2.26. The molecule has 1 fully saturated rings. The highest BCUT2D eigenvalue weighted by atomic mass is 35.5. The molecule has 1 N–H and O–H groups in total. The summed E-state index contributed by atoms with van der Waals surface area (Å²) in [6.07, 6.45) is 0. The Labute approximate surface area is 147 Å². The van der Waals surface area contributed by atoms with E-state index in [0.717, 1.165) is 11.4 Å². The van der Waals surface area contributed by atoms with Crippen LogP contribution in [-0.4, -0.2) is 70.1 Å². The third-order valence-corrected chi connectivity index (χ3v) is 5.99. The fraction of sp³-hybridized carbons (Fsp3) is 0.533. The molecule has 0 radical (unpaired) electrons. The van der Waals surface area contributed by atoms with E-state index < -0.39 is 10.0 Å². The number of amides is 1. The van der Waals surface area contributed by atoms with E-state index >= 15 is 0 Å². The lowest BCUT2D eigenvalue weighted by Crippen LogP contribution is -2.50. The maximum absolute atomic E-state index is 12.3. The molecule has 0 bridgehead atoms. The molecule has 1 amide bonds. The Morgan fingerprint density at radius 1 is 1.21 bits per heavy atom. The van der Waals surface area contributed by atoms with Gasteiger partial charge >= 0.3 is 0 Å². The first-order chi connectivity index (χ1) is 11.5. The number of nitrogens with one attached hydrogen (secondary N) is 1. The zero-order chi connectivity index (χ0) is 17.6. The molecule has 1 aliphatic heterocycles. The molecule has 0 saturated carbocycles. The molecule has 1 heterocycles. The summed E-state index contributed by atoms with van der Waals surface area (Å²) in [6, 6.07) is 7.70. The molecule has 0 aliphatic carbocycles. The molecule has 1 aromatic carbocycles. The van der Waals surface area contributed by atoms with Crippen LogP contribution < -0.4 is 15.0 Å². The van der Waals surface area contributed by atoms with Crippen molar-refractivity contribution in [2.45, 2.75) is 0 Å². The van der Waals surface area contributed by atoms with Crippen molar-refractivity contribution in [2.24, 2.45) is 0 Å². The van der Waals surface area contributed by atoms with E-state index in [4.69, 9.17) is 16.3 Å². The number of piperazine rings is 1. The highest BCUT2D eigenvalue weighted by molar-refractivity contribution is 7.89. The molecule has 134 valence electrons. The molecule has 0 atom stereocenters. The Kier molecular flexibility index (Phi) is 6.70. The summed E-state index contributed by atoms with van der Waals surface area (Å²) < 4.78 is 31.2. The molecule has 0 unspecified atom stereocenters. The van der Waals surface area contributed by atoms with Gasteiger partial charge in [0.15, 0.2) is 0 Å². The number of nitrogens with zero attached hydrogens (tertiary/aromatic N) is 2. The van der Waals surface area contributed by atoms with E-state index in [2.05, 4.69) is 10.2 Å². The number of carbonyl (C=O) groups is 1. The first-order valence-electron chi connectivity index (χ1n) is 7.66. The van der Waals surface area contributed by atoms with Crippen LogP contribution in [0, 0.1) is 0 Å². The largest absolute Gasteiger partial charge is 0.497 e. The molecule has 0 aromatic heterocycles. The van der Waals surface area contributed by atoms with Gasteiger partial charge in [-0.2, -0.15) is 4.31 Å². The number of halogens is 1. The minimum Gasteiger partial charge on any atom is -0.497 e. The van der Waals surface area contributed by atoms with Gasteiger partial charge in [0.2, 0.25) is 15.9 Å². The van der Waals surface area contributed by atoms with Crippen molar-refractivity contribution in [3.8, 4) is 5.75 Å². The smallest absolute Gasteiger partial charge is 0.234 e. The topological polar surface area (TPSA) is 79.0 Å². The van der Waals surface area contributed by atoms with E-state index in [1.54, 1.807) is 7.11 Å². The van der Waals surface area contributed by atoms with Gasteiger partial charge in [-0.15, -0.1) is 11.6 Å². The van der Waals surface area contributed by atoms with Crippen molar-refractivity contribution >= 4 is 33.2 Å². The first-order valence-corrected chi connectivity index (χ1v) is 9.80. The Morgan fingerprint density at radius 2 is 1.83 bits per heavy atom. The lowest BCUT2D eigenvalue weighted by molar-refractivity contribution is -0.118. The zero-order valence-corrected chi connectivity index (χ0v) is 15.1. The van der Waals surface area contributed by atoms with Gasteiger partial charge in [-0.3, -0.25) is 4.79 Å². The number of rotatable bonds is 7. The van der Waals surface area contributed by atoms with E-state index in [0.29, 0.717) is 26.2 Å². The quantitative estimate of drug-likeness (QED) is 0.702. The average Bonchev–Trinajstić information content (AvgIpc) is 2.61. The summed E-state index contributed by atoms with van der Waals surface area (Å²) in [4.78, 5) is 13.2. The monoisotopic (exact) mass is 375 g/mol. The van der Waals surface area contributed by atoms with Crippen molar-refractivity contribution in [3.63, 3.8) is 0 Å². The van der Waals surface area contributed by atoms with Gasteiger partial charge in [-0.25, -0.2) is 8.42 Å². The third kappa shape index (κ3) is 4.99. The number of sulfonamides is 1. The predicted molar refractivity (Wildman–Crippen MR) is 94.3 cm³/mol. The van der Waals surface area contributed by atoms with Gasteiger partial charge < -0.3 is 15.0 Å². The van der Waals surface area contributed by atoms with Crippen LogP contribution in [0.3, 0.4) is 0 Å². The molecule has 9 heteroatoms. The number of benzene rings is 1. The van der Waals surface area contributed by atoms with Gasteiger partial charge in [-0.05, 0) is 24.3 Å². The molecular formula is C15H22ClN3O4S. The Morgan fingerprint density at radius 3 is 2.38 bits per heavy atom. The molecule has 7 nitrogen and oxygen atoms in total. The Hall–Kier alpha value is -1.51. The average molecular weight is 376 g/mol. The van der Waals surface area contributed by atoms with E-state index in [1.807, 2.05) is 24.3 Å². The van der Waals surface area contributed by atoms with Crippen LogP contribution in [0.25, 0.3) is 0 Å². The number of hydrogen-bond acceptors (Lipinski definition) is 5.